The van der Waals surface area contributed by atoms with E-state index >= 15 is 0 Å². The summed E-state index contributed by atoms with van der Waals surface area (Å²) in [4.78, 5) is 2.52. The standard InChI is InChI=1S/C17H22N2S/c1-2-3-4-7-10-19-11-14-12-20-13-16(14)18-15-8-5-6-9-17(15)19/h5-6,8-9,12-13,18H,2-4,7,10-11H2,1H3. The molecular weight excluding hydrogens is 264 g/mol. The minimum atomic E-state index is 1.02. The highest BCUT2D eigenvalue weighted by Gasteiger charge is 2.18. The van der Waals surface area contributed by atoms with Crippen molar-refractivity contribution in [1.82, 2.24) is 0 Å². The van der Waals surface area contributed by atoms with E-state index in [9.17, 15) is 0 Å². The van der Waals surface area contributed by atoms with Gasteiger partial charge in [0, 0.05) is 24.0 Å². The number of anilines is 3. The first-order chi connectivity index (χ1) is 9.88. The van der Waals surface area contributed by atoms with E-state index in [-0.39, 0.29) is 0 Å². The number of nitrogens with zero attached hydrogens (tertiary/aromatic N) is 1. The minimum Gasteiger partial charge on any atom is -0.365 e. The lowest BCUT2D eigenvalue weighted by molar-refractivity contribution is 0.644. The number of nitrogens with one attached hydrogen (secondary N) is 1. The molecule has 0 atom stereocenters. The van der Waals surface area contributed by atoms with E-state index in [1.807, 2.05) is 0 Å². The summed E-state index contributed by atoms with van der Waals surface area (Å²) in [5.74, 6) is 0. The van der Waals surface area contributed by atoms with Crippen LogP contribution in [0.25, 0.3) is 0 Å². The maximum Gasteiger partial charge on any atom is 0.0622 e. The number of thiophene rings is 1. The second-order valence-electron chi connectivity index (χ2n) is 5.44. The Kier molecular flexibility index (Phi) is 4.26. The van der Waals surface area contributed by atoms with Crippen LogP contribution in [0, 0.1) is 0 Å². The third-order valence-electron chi connectivity index (χ3n) is 3.90. The zero-order valence-corrected chi connectivity index (χ0v) is 12.9. The number of benzene rings is 1. The van der Waals surface area contributed by atoms with Crippen LogP contribution >= 0.6 is 11.3 Å². The molecule has 1 aliphatic rings. The van der Waals surface area contributed by atoms with Crippen LogP contribution in [0.1, 0.15) is 38.2 Å². The Hall–Kier alpha value is -1.48. The SMILES string of the molecule is CCCCCCN1Cc2cscc2Nc2ccccc21. The Bertz CT molecular complexity index is 562. The monoisotopic (exact) mass is 286 g/mol. The largest absolute Gasteiger partial charge is 0.365 e. The van der Waals surface area contributed by atoms with Crippen molar-refractivity contribution in [3.63, 3.8) is 0 Å². The molecule has 1 N–H and O–H groups in total. The molecule has 2 nitrogen and oxygen atoms in total. The van der Waals surface area contributed by atoms with Crippen molar-refractivity contribution in [2.24, 2.45) is 0 Å². The van der Waals surface area contributed by atoms with Crippen LogP contribution in [0.3, 0.4) is 0 Å². The van der Waals surface area contributed by atoms with Gasteiger partial charge in [-0.15, -0.1) is 11.3 Å². The summed E-state index contributed by atoms with van der Waals surface area (Å²) in [6.07, 6.45) is 5.25. The molecule has 0 radical (unpaired) electrons. The Morgan fingerprint density at radius 3 is 2.90 bits per heavy atom. The highest BCUT2D eigenvalue weighted by atomic mass is 32.1. The van der Waals surface area contributed by atoms with Crippen LogP contribution in [0.5, 0.6) is 0 Å². The Morgan fingerprint density at radius 1 is 1.10 bits per heavy atom. The molecule has 0 amide bonds. The van der Waals surface area contributed by atoms with Gasteiger partial charge < -0.3 is 10.2 Å². The average molecular weight is 286 g/mol. The Balaban J connectivity index is 1.81. The van der Waals surface area contributed by atoms with E-state index in [1.165, 1.54) is 48.3 Å². The molecule has 3 rings (SSSR count). The molecule has 3 heteroatoms. The average Bonchev–Trinajstić information content (AvgIpc) is 2.84. The summed E-state index contributed by atoms with van der Waals surface area (Å²) >= 11 is 1.78. The summed E-state index contributed by atoms with van der Waals surface area (Å²) in [6.45, 7) is 4.44. The molecule has 0 spiro atoms. The van der Waals surface area contributed by atoms with E-state index in [4.69, 9.17) is 0 Å². The van der Waals surface area contributed by atoms with Crippen LogP contribution in [-0.4, -0.2) is 6.54 Å². The van der Waals surface area contributed by atoms with Gasteiger partial charge in [0.2, 0.25) is 0 Å². The molecule has 1 aliphatic heterocycles. The number of hydrogen-bond acceptors (Lipinski definition) is 3. The van der Waals surface area contributed by atoms with Crippen LogP contribution < -0.4 is 10.2 Å². The molecule has 0 bridgehead atoms. The number of rotatable bonds is 5. The van der Waals surface area contributed by atoms with E-state index in [0.717, 1.165) is 13.1 Å². The molecule has 1 aromatic heterocycles. The van der Waals surface area contributed by atoms with Gasteiger partial charge in [0.1, 0.15) is 0 Å². The maximum absolute atomic E-state index is 3.58. The maximum atomic E-state index is 3.58. The summed E-state index contributed by atoms with van der Waals surface area (Å²) in [5, 5.41) is 8.07. The minimum absolute atomic E-state index is 1.02. The van der Waals surface area contributed by atoms with E-state index < -0.39 is 0 Å². The van der Waals surface area contributed by atoms with Crippen molar-refractivity contribution >= 4 is 28.4 Å². The smallest absolute Gasteiger partial charge is 0.0622 e. The lowest BCUT2D eigenvalue weighted by Crippen LogP contribution is -2.23. The van der Waals surface area contributed by atoms with Crippen LogP contribution in [0.15, 0.2) is 35.0 Å². The number of fused-ring (bicyclic) bond motifs is 2. The van der Waals surface area contributed by atoms with Crippen molar-refractivity contribution in [2.75, 3.05) is 16.8 Å². The van der Waals surface area contributed by atoms with Gasteiger partial charge in [0.05, 0.1) is 17.1 Å². The molecule has 20 heavy (non-hydrogen) atoms. The van der Waals surface area contributed by atoms with Gasteiger partial charge in [-0.25, -0.2) is 0 Å². The number of unbranched alkanes of at least 4 members (excludes halogenated alkanes) is 3. The molecule has 1 aromatic carbocycles. The van der Waals surface area contributed by atoms with Crippen molar-refractivity contribution in [1.29, 1.82) is 0 Å². The fourth-order valence-corrected chi connectivity index (χ4v) is 3.56. The van der Waals surface area contributed by atoms with Gasteiger partial charge in [0.25, 0.3) is 0 Å². The van der Waals surface area contributed by atoms with E-state index in [0.29, 0.717) is 0 Å². The predicted molar refractivity (Wildman–Crippen MR) is 89.2 cm³/mol. The van der Waals surface area contributed by atoms with Crippen molar-refractivity contribution in [3.05, 3.63) is 40.6 Å². The second kappa shape index (κ2) is 6.31. The molecule has 0 fully saturated rings. The molecule has 106 valence electrons. The van der Waals surface area contributed by atoms with Gasteiger partial charge in [-0.05, 0) is 23.9 Å². The predicted octanol–water partition coefficient (Wildman–Crippen LogP) is 5.39. The lowest BCUT2D eigenvalue weighted by Gasteiger charge is -2.24. The first-order valence-corrected chi connectivity index (χ1v) is 8.49. The third-order valence-corrected chi connectivity index (χ3v) is 4.69. The summed E-state index contributed by atoms with van der Waals surface area (Å²) in [5.41, 5.74) is 5.27. The van der Waals surface area contributed by atoms with Gasteiger partial charge in [-0.3, -0.25) is 0 Å². The van der Waals surface area contributed by atoms with Crippen molar-refractivity contribution in [3.8, 4) is 0 Å². The van der Waals surface area contributed by atoms with E-state index in [1.54, 1.807) is 11.3 Å². The fourth-order valence-electron chi connectivity index (χ4n) is 2.78. The number of hydrogen-bond donors (Lipinski definition) is 1. The topological polar surface area (TPSA) is 15.3 Å². The highest BCUT2D eigenvalue weighted by molar-refractivity contribution is 7.08. The third kappa shape index (κ3) is 2.83. The lowest BCUT2D eigenvalue weighted by atomic mass is 10.1. The molecule has 2 aromatic rings. The zero-order valence-electron chi connectivity index (χ0n) is 12.1. The van der Waals surface area contributed by atoms with Crippen LogP contribution in [0.4, 0.5) is 17.1 Å². The summed E-state index contributed by atoms with van der Waals surface area (Å²) < 4.78 is 0. The van der Waals surface area contributed by atoms with Gasteiger partial charge >= 0.3 is 0 Å². The van der Waals surface area contributed by atoms with Crippen molar-refractivity contribution in [2.45, 2.75) is 39.2 Å². The zero-order chi connectivity index (χ0) is 13.8. The summed E-state index contributed by atoms with van der Waals surface area (Å²) in [7, 11) is 0. The highest BCUT2D eigenvalue weighted by Crippen LogP contribution is 2.37. The van der Waals surface area contributed by atoms with Gasteiger partial charge in [-0.1, -0.05) is 38.3 Å². The molecule has 0 aliphatic carbocycles. The molecule has 0 saturated carbocycles. The van der Waals surface area contributed by atoms with E-state index in [2.05, 4.69) is 52.2 Å². The molecule has 0 saturated heterocycles. The first kappa shape index (κ1) is 13.5. The van der Waals surface area contributed by atoms with Gasteiger partial charge in [-0.2, -0.15) is 0 Å². The Morgan fingerprint density at radius 2 is 2.00 bits per heavy atom. The normalized spacial score (nSPS) is 13.3. The second-order valence-corrected chi connectivity index (χ2v) is 6.18. The molecule has 2 heterocycles. The first-order valence-electron chi connectivity index (χ1n) is 7.54. The van der Waals surface area contributed by atoms with Gasteiger partial charge in [0.15, 0.2) is 0 Å². The number of para-hydroxylation sites is 2. The summed E-state index contributed by atoms with van der Waals surface area (Å²) in [6, 6.07) is 8.66. The van der Waals surface area contributed by atoms with Crippen molar-refractivity contribution < 1.29 is 0 Å². The molecule has 0 unspecified atom stereocenters. The van der Waals surface area contributed by atoms with Crippen LogP contribution in [-0.2, 0) is 6.54 Å². The quantitative estimate of drug-likeness (QED) is 0.741. The fraction of sp³-hybridized carbons (Fsp3) is 0.412. The molecular formula is C17H22N2S. The Labute approximate surface area is 125 Å². The van der Waals surface area contributed by atoms with Crippen LogP contribution in [0.2, 0.25) is 0 Å².